The maximum atomic E-state index is 12.8. The zero-order valence-electron chi connectivity index (χ0n) is 14.0. The Morgan fingerprint density at radius 2 is 1.79 bits per heavy atom. The molecule has 2 heterocycles. The van der Waals surface area contributed by atoms with Crippen molar-refractivity contribution in [2.45, 2.75) is 24.8 Å². The largest absolute Gasteiger partial charge is 0.378 e. The fourth-order valence-corrected chi connectivity index (χ4v) is 4.45. The van der Waals surface area contributed by atoms with Crippen molar-refractivity contribution in [3.8, 4) is 0 Å². The number of nitrogens with zero attached hydrogens (tertiary/aromatic N) is 3. The molecule has 24 heavy (non-hydrogen) atoms. The van der Waals surface area contributed by atoms with E-state index in [-0.39, 0.29) is 23.6 Å². The second-order valence-electron chi connectivity index (χ2n) is 6.29. The summed E-state index contributed by atoms with van der Waals surface area (Å²) in [5, 5.41) is 0. The monoisotopic (exact) mass is 353 g/mol. The fraction of sp³-hybridized carbons (Fsp3) is 0.562. The van der Waals surface area contributed by atoms with E-state index in [0.29, 0.717) is 32.8 Å². The summed E-state index contributed by atoms with van der Waals surface area (Å²) in [5.41, 5.74) is 1.01. The molecule has 0 aromatic heterocycles. The number of rotatable bonds is 2. The molecule has 2 amide bonds. The van der Waals surface area contributed by atoms with E-state index in [2.05, 4.69) is 0 Å². The Morgan fingerprint density at radius 1 is 1.17 bits per heavy atom. The smallest absolute Gasteiger partial charge is 0.321 e. The number of hydrogen-bond acceptors (Lipinski definition) is 4. The van der Waals surface area contributed by atoms with Gasteiger partial charge < -0.3 is 14.5 Å². The summed E-state index contributed by atoms with van der Waals surface area (Å²) >= 11 is 0. The Bertz CT molecular complexity index is 699. The van der Waals surface area contributed by atoms with E-state index in [0.717, 1.165) is 5.56 Å². The molecule has 132 valence electrons. The van der Waals surface area contributed by atoms with Crippen LogP contribution in [0.4, 0.5) is 4.79 Å². The highest BCUT2D eigenvalue weighted by atomic mass is 32.2. The second-order valence-corrected chi connectivity index (χ2v) is 8.23. The molecule has 2 aliphatic heterocycles. The predicted molar refractivity (Wildman–Crippen MR) is 89.0 cm³/mol. The second kappa shape index (κ2) is 6.70. The number of morpholine rings is 1. The van der Waals surface area contributed by atoms with E-state index in [1.165, 1.54) is 4.31 Å². The Morgan fingerprint density at radius 3 is 2.42 bits per heavy atom. The molecular weight excluding hydrogens is 330 g/mol. The summed E-state index contributed by atoms with van der Waals surface area (Å²) in [4.78, 5) is 16.3. The van der Waals surface area contributed by atoms with Gasteiger partial charge in [-0.2, -0.15) is 4.31 Å². The molecular formula is C16H23N3O4S. The van der Waals surface area contributed by atoms with E-state index in [4.69, 9.17) is 4.74 Å². The quantitative estimate of drug-likeness (QED) is 0.798. The van der Waals surface area contributed by atoms with Crippen LogP contribution >= 0.6 is 0 Å². The molecule has 0 radical (unpaired) electrons. The summed E-state index contributed by atoms with van der Waals surface area (Å²) < 4.78 is 32.2. The van der Waals surface area contributed by atoms with Crippen LogP contribution in [0.2, 0.25) is 0 Å². The number of sulfonamides is 1. The lowest BCUT2D eigenvalue weighted by Crippen LogP contribution is -2.49. The van der Waals surface area contributed by atoms with Gasteiger partial charge in [0, 0.05) is 25.7 Å². The van der Waals surface area contributed by atoms with Crippen molar-refractivity contribution in [1.82, 2.24) is 14.1 Å². The van der Waals surface area contributed by atoms with Gasteiger partial charge in [0.15, 0.2) is 0 Å². The molecule has 0 aliphatic carbocycles. The number of hydrogen-bond donors (Lipinski definition) is 0. The normalized spacial score (nSPS) is 22.8. The van der Waals surface area contributed by atoms with Crippen molar-refractivity contribution >= 4 is 16.1 Å². The van der Waals surface area contributed by atoms with Crippen molar-refractivity contribution in [2.75, 3.05) is 39.5 Å². The zero-order valence-corrected chi connectivity index (χ0v) is 14.8. The zero-order chi connectivity index (χ0) is 17.3. The lowest BCUT2D eigenvalue weighted by Gasteiger charge is -2.32. The average Bonchev–Trinajstić information content (AvgIpc) is 2.98. The molecule has 0 unspecified atom stereocenters. The molecule has 1 aromatic rings. The number of benzene rings is 1. The van der Waals surface area contributed by atoms with Crippen molar-refractivity contribution in [3.05, 3.63) is 29.8 Å². The van der Waals surface area contributed by atoms with E-state index < -0.39 is 10.0 Å². The Labute approximate surface area is 142 Å². The van der Waals surface area contributed by atoms with Crippen LogP contribution < -0.4 is 0 Å². The first-order valence-corrected chi connectivity index (χ1v) is 9.54. The molecule has 2 fully saturated rings. The first-order valence-electron chi connectivity index (χ1n) is 8.10. The lowest BCUT2D eigenvalue weighted by molar-refractivity contribution is 0.0424. The van der Waals surface area contributed by atoms with Crippen LogP contribution in [0, 0.1) is 6.92 Å². The third-order valence-electron chi connectivity index (χ3n) is 4.50. The predicted octanol–water partition coefficient (Wildman–Crippen LogP) is 1.10. The standard InChI is InChI=1S/C16H23N3O4S/c1-13-3-5-15(6-4-13)24(21,22)18-11-14(2)19(12-18)16(20)17-7-9-23-10-8-17/h3-6,14H,7-12H2,1-2H3/t14-/m0/s1. The van der Waals surface area contributed by atoms with Gasteiger partial charge in [0.2, 0.25) is 10.0 Å². The first kappa shape index (κ1) is 17.2. The van der Waals surface area contributed by atoms with Crippen LogP contribution in [0.1, 0.15) is 12.5 Å². The SMILES string of the molecule is Cc1ccc(S(=O)(=O)N2C[C@H](C)N(C(=O)N3CCOCC3)C2)cc1. The minimum Gasteiger partial charge on any atom is -0.378 e. The fourth-order valence-electron chi connectivity index (χ4n) is 2.98. The Hall–Kier alpha value is -1.64. The van der Waals surface area contributed by atoms with Crippen molar-refractivity contribution < 1.29 is 17.9 Å². The molecule has 1 aromatic carbocycles. The number of aryl methyl sites for hydroxylation is 1. The van der Waals surface area contributed by atoms with Gasteiger partial charge in [0.25, 0.3) is 0 Å². The van der Waals surface area contributed by atoms with Gasteiger partial charge in [-0.3, -0.25) is 0 Å². The molecule has 3 rings (SSSR count). The maximum Gasteiger partial charge on any atom is 0.321 e. The summed E-state index contributed by atoms with van der Waals surface area (Å²) in [6.07, 6.45) is 0. The van der Waals surface area contributed by atoms with Crippen LogP contribution in [-0.4, -0.2) is 74.1 Å². The van der Waals surface area contributed by atoms with E-state index in [1.807, 2.05) is 13.8 Å². The topological polar surface area (TPSA) is 70.2 Å². The highest BCUT2D eigenvalue weighted by molar-refractivity contribution is 7.89. The summed E-state index contributed by atoms with van der Waals surface area (Å²) in [6, 6.07) is 6.52. The first-order chi connectivity index (χ1) is 11.4. The number of carbonyl (C=O) groups is 1. The third-order valence-corrected chi connectivity index (χ3v) is 6.31. The van der Waals surface area contributed by atoms with Crippen molar-refractivity contribution in [1.29, 1.82) is 0 Å². The van der Waals surface area contributed by atoms with Crippen LogP contribution in [0.3, 0.4) is 0 Å². The molecule has 0 spiro atoms. The molecule has 2 aliphatic rings. The van der Waals surface area contributed by atoms with Crippen LogP contribution in [0.25, 0.3) is 0 Å². The van der Waals surface area contributed by atoms with Crippen molar-refractivity contribution in [2.24, 2.45) is 0 Å². The molecule has 2 saturated heterocycles. The van der Waals surface area contributed by atoms with E-state index in [1.54, 1.807) is 34.1 Å². The van der Waals surface area contributed by atoms with Gasteiger partial charge >= 0.3 is 6.03 Å². The summed E-state index contributed by atoms with van der Waals surface area (Å²) in [7, 11) is -3.59. The molecule has 7 nitrogen and oxygen atoms in total. The lowest BCUT2D eigenvalue weighted by atomic mass is 10.2. The number of carbonyl (C=O) groups excluding carboxylic acids is 1. The van der Waals surface area contributed by atoms with E-state index in [9.17, 15) is 13.2 Å². The Kier molecular flexibility index (Phi) is 4.80. The van der Waals surface area contributed by atoms with Gasteiger partial charge in [-0.05, 0) is 26.0 Å². The highest BCUT2D eigenvalue weighted by Gasteiger charge is 2.39. The molecule has 1 atom stereocenters. The number of ether oxygens (including phenoxy) is 1. The molecule has 0 saturated carbocycles. The van der Waals surface area contributed by atoms with E-state index >= 15 is 0 Å². The van der Waals surface area contributed by atoms with Gasteiger partial charge in [0.1, 0.15) is 0 Å². The third kappa shape index (κ3) is 3.26. The van der Waals surface area contributed by atoms with Crippen LogP contribution in [0.15, 0.2) is 29.2 Å². The van der Waals surface area contributed by atoms with Crippen LogP contribution in [-0.2, 0) is 14.8 Å². The number of urea groups is 1. The summed E-state index contributed by atoms with van der Waals surface area (Å²) in [5.74, 6) is 0. The van der Waals surface area contributed by atoms with Gasteiger partial charge in [-0.1, -0.05) is 17.7 Å². The van der Waals surface area contributed by atoms with Gasteiger partial charge in [-0.15, -0.1) is 0 Å². The van der Waals surface area contributed by atoms with Gasteiger partial charge in [-0.25, -0.2) is 13.2 Å². The highest BCUT2D eigenvalue weighted by Crippen LogP contribution is 2.24. The molecule has 0 bridgehead atoms. The minimum absolute atomic E-state index is 0.0908. The molecule has 8 heteroatoms. The average molecular weight is 353 g/mol. The van der Waals surface area contributed by atoms with Crippen molar-refractivity contribution in [3.63, 3.8) is 0 Å². The minimum atomic E-state index is -3.59. The Balaban J connectivity index is 1.75. The number of amides is 2. The van der Waals surface area contributed by atoms with Crippen LogP contribution in [0.5, 0.6) is 0 Å². The maximum absolute atomic E-state index is 12.8. The summed E-state index contributed by atoms with van der Waals surface area (Å²) in [6.45, 7) is 6.35. The molecule has 0 N–H and O–H groups in total. The van der Waals surface area contributed by atoms with Gasteiger partial charge in [0.05, 0.1) is 24.8 Å².